The first-order chi connectivity index (χ1) is 13.6. The lowest BCUT2D eigenvalue weighted by Gasteiger charge is -2.20. The van der Waals surface area contributed by atoms with E-state index in [1.807, 2.05) is 60.7 Å². The van der Waals surface area contributed by atoms with E-state index < -0.39 is 11.6 Å². The molecule has 4 rings (SSSR count). The van der Waals surface area contributed by atoms with E-state index in [0.717, 1.165) is 21.9 Å². The molecule has 0 saturated heterocycles. The fourth-order valence-electron chi connectivity index (χ4n) is 2.88. The summed E-state index contributed by atoms with van der Waals surface area (Å²) in [7, 11) is 0. The lowest BCUT2D eigenvalue weighted by molar-refractivity contribution is 0.0988. The van der Waals surface area contributed by atoms with Crippen LogP contribution in [-0.2, 0) is 0 Å². The molecule has 1 aliphatic carbocycles. The van der Waals surface area contributed by atoms with E-state index in [0.29, 0.717) is 9.79 Å². The van der Waals surface area contributed by atoms with Crippen LogP contribution in [0.2, 0.25) is 0 Å². The highest BCUT2D eigenvalue weighted by Crippen LogP contribution is 2.52. The maximum Gasteiger partial charge on any atom is 0.190 e. The summed E-state index contributed by atoms with van der Waals surface area (Å²) in [6.45, 7) is 0. The van der Waals surface area contributed by atoms with Gasteiger partial charge in [0.1, 0.15) is 11.5 Å². The molecule has 0 saturated carbocycles. The first kappa shape index (κ1) is 18.4. The third kappa shape index (κ3) is 3.32. The number of rotatable bonds is 4. The highest BCUT2D eigenvalue weighted by molar-refractivity contribution is 8.02. The van der Waals surface area contributed by atoms with Gasteiger partial charge >= 0.3 is 0 Å². The number of phenolic OH excluding ortho intramolecular Hbond substituents is 2. The molecule has 3 aromatic carbocycles. The molecular formula is C22H14O4S2. The number of carbonyl (C=O) groups excluding carboxylic acids is 2. The number of benzene rings is 3. The number of aromatic hydroxyl groups is 2. The van der Waals surface area contributed by atoms with Gasteiger partial charge in [0, 0.05) is 9.79 Å². The van der Waals surface area contributed by atoms with E-state index in [4.69, 9.17) is 0 Å². The van der Waals surface area contributed by atoms with E-state index in [1.54, 1.807) is 0 Å². The monoisotopic (exact) mass is 406 g/mol. The molecule has 138 valence electrons. The van der Waals surface area contributed by atoms with Crippen molar-refractivity contribution in [1.82, 2.24) is 0 Å². The third-order valence-corrected chi connectivity index (χ3v) is 6.51. The number of allylic oxidation sites excluding steroid dienone is 2. The van der Waals surface area contributed by atoms with Crippen LogP contribution in [-0.4, -0.2) is 21.8 Å². The summed E-state index contributed by atoms with van der Waals surface area (Å²) in [6, 6.07) is 18.7. The Morgan fingerprint density at radius 2 is 0.929 bits per heavy atom. The molecule has 0 bridgehead atoms. The largest absolute Gasteiger partial charge is 0.506 e. The highest BCUT2D eigenvalue weighted by Gasteiger charge is 2.32. The molecule has 4 nitrogen and oxygen atoms in total. The van der Waals surface area contributed by atoms with Crippen LogP contribution >= 0.6 is 23.5 Å². The van der Waals surface area contributed by atoms with Gasteiger partial charge < -0.3 is 10.2 Å². The summed E-state index contributed by atoms with van der Waals surface area (Å²) in [5.74, 6) is -1.59. The summed E-state index contributed by atoms with van der Waals surface area (Å²) >= 11 is 2.46. The normalized spacial score (nSPS) is 12.9. The number of hydrogen-bond acceptors (Lipinski definition) is 6. The Kier molecular flexibility index (Phi) is 4.98. The lowest BCUT2D eigenvalue weighted by atomic mass is 9.93. The molecular weight excluding hydrogens is 392 g/mol. The molecule has 0 spiro atoms. The van der Waals surface area contributed by atoms with Crippen molar-refractivity contribution in [2.45, 2.75) is 19.6 Å². The van der Waals surface area contributed by atoms with Gasteiger partial charge in [-0.3, -0.25) is 9.59 Å². The molecule has 6 heteroatoms. The van der Waals surface area contributed by atoms with E-state index in [1.165, 1.54) is 23.5 Å². The number of phenols is 2. The van der Waals surface area contributed by atoms with Crippen LogP contribution in [0.4, 0.5) is 0 Å². The summed E-state index contributed by atoms with van der Waals surface area (Å²) in [4.78, 5) is 27.0. The van der Waals surface area contributed by atoms with Gasteiger partial charge in [-0.05, 0) is 36.4 Å². The van der Waals surface area contributed by atoms with Crippen LogP contribution in [0.15, 0.2) is 92.4 Å². The fraction of sp³-hybridized carbons (Fsp3) is 0. The third-order valence-electron chi connectivity index (χ3n) is 4.17. The van der Waals surface area contributed by atoms with Gasteiger partial charge in [0.05, 0.1) is 20.9 Å². The van der Waals surface area contributed by atoms with E-state index in [-0.39, 0.29) is 22.6 Å². The van der Waals surface area contributed by atoms with Crippen LogP contribution in [0.3, 0.4) is 0 Å². The summed E-state index contributed by atoms with van der Waals surface area (Å²) in [5.41, 5.74) is -0.304. The maximum atomic E-state index is 12.4. The van der Waals surface area contributed by atoms with Gasteiger partial charge in [-0.1, -0.05) is 59.9 Å². The Labute approximate surface area is 169 Å². The zero-order chi connectivity index (χ0) is 19.7. The van der Waals surface area contributed by atoms with Crippen LogP contribution < -0.4 is 0 Å². The molecule has 0 aromatic heterocycles. The number of ketones is 2. The minimum atomic E-state index is -0.506. The van der Waals surface area contributed by atoms with Crippen molar-refractivity contribution in [2.24, 2.45) is 0 Å². The summed E-state index contributed by atoms with van der Waals surface area (Å²) in [6.07, 6.45) is 2.23. The fourth-order valence-corrected chi connectivity index (χ4v) is 4.96. The van der Waals surface area contributed by atoms with Crippen LogP contribution in [0, 0.1) is 0 Å². The Morgan fingerprint density at radius 1 is 0.571 bits per heavy atom. The minimum absolute atomic E-state index is 0.152. The molecule has 1 aliphatic rings. The molecule has 3 aromatic rings. The molecule has 0 atom stereocenters. The van der Waals surface area contributed by atoms with Crippen LogP contribution in [0.25, 0.3) is 0 Å². The molecule has 0 radical (unpaired) electrons. The van der Waals surface area contributed by atoms with Gasteiger partial charge in [-0.15, -0.1) is 0 Å². The maximum absolute atomic E-state index is 12.4. The molecule has 0 aliphatic heterocycles. The van der Waals surface area contributed by atoms with Gasteiger partial charge in [0.2, 0.25) is 0 Å². The van der Waals surface area contributed by atoms with Crippen LogP contribution in [0.1, 0.15) is 20.7 Å². The Hall–Kier alpha value is -2.96. The minimum Gasteiger partial charge on any atom is -0.506 e. The standard InChI is InChI=1S/C22H14O4S2/c23-15-11-12-16(24)18-17(15)19(25)21(27-13-7-3-1-4-8-13)22(20(18)26)28-14-9-5-2-6-10-14/h1-12,25-26H. The smallest absolute Gasteiger partial charge is 0.190 e. The molecule has 0 heterocycles. The zero-order valence-electron chi connectivity index (χ0n) is 14.5. The quantitative estimate of drug-likeness (QED) is 0.570. The molecule has 0 unspecified atom stereocenters. The molecule has 0 fully saturated rings. The molecule has 0 amide bonds. The van der Waals surface area contributed by atoms with Crippen molar-refractivity contribution in [1.29, 1.82) is 0 Å². The van der Waals surface area contributed by atoms with E-state index >= 15 is 0 Å². The molecule has 28 heavy (non-hydrogen) atoms. The van der Waals surface area contributed by atoms with Crippen molar-refractivity contribution in [3.05, 3.63) is 83.9 Å². The Bertz CT molecular complexity index is 1020. The van der Waals surface area contributed by atoms with Gasteiger partial charge in [-0.25, -0.2) is 0 Å². The van der Waals surface area contributed by atoms with Gasteiger partial charge in [0.25, 0.3) is 0 Å². The number of hydrogen-bond donors (Lipinski definition) is 2. The lowest BCUT2D eigenvalue weighted by Crippen LogP contribution is -2.13. The summed E-state index contributed by atoms with van der Waals surface area (Å²) in [5, 5.41) is 21.8. The van der Waals surface area contributed by atoms with E-state index in [2.05, 4.69) is 0 Å². The topological polar surface area (TPSA) is 74.6 Å². The second-order valence-corrected chi connectivity index (χ2v) is 8.17. The van der Waals surface area contributed by atoms with Crippen molar-refractivity contribution < 1.29 is 19.8 Å². The van der Waals surface area contributed by atoms with Crippen molar-refractivity contribution in [2.75, 3.05) is 0 Å². The zero-order valence-corrected chi connectivity index (χ0v) is 16.1. The van der Waals surface area contributed by atoms with Gasteiger partial charge in [-0.2, -0.15) is 0 Å². The van der Waals surface area contributed by atoms with Crippen LogP contribution in [0.5, 0.6) is 11.5 Å². The SMILES string of the molecule is O=C1C=CC(=O)c2c(O)c(Sc3ccccc3)c(Sc3ccccc3)c(O)c21. The van der Waals surface area contributed by atoms with Gasteiger partial charge in [0.15, 0.2) is 11.6 Å². The predicted octanol–water partition coefficient (Wildman–Crippen LogP) is 5.34. The summed E-state index contributed by atoms with van der Waals surface area (Å²) < 4.78 is 0. The Balaban J connectivity index is 1.94. The number of carbonyl (C=O) groups is 2. The first-order valence-electron chi connectivity index (χ1n) is 8.40. The van der Waals surface area contributed by atoms with E-state index in [9.17, 15) is 19.8 Å². The van der Waals surface area contributed by atoms with Crippen molar-refractivity contribution in [3.8, 4) is 11.5 Å². The highest BCUT2D eigenvalue weighted by atomic mass is 32.2. The first-order valence-corrected chi connectivity index (χ1v) is 10.0. The predicted molar refractivity (Wildman–Crippen MR) is 109 cm³/mol. The Morgan fingerprint density at radius 3 is 1.29 bits per heavy atom. The second-order valence-electron chi connectivity index (χ2n) is 6.00. The average molecular weight is 406 g/mol. The molecule has 2 N–H and O–H groups in total. The number of fused-ring (bicyclic) bond motifs is 1. The average Bonchev–Trinajstić information content (AvgIpc) is 2.72. The van der Waals surface area contributed by atoms with Crippen molar-refractivity contribution in [3.63, 3.8) is 0 Å². The second kappa shape index (κ2) is 7.58. The van der Waals surface area contributed by atoms with Crippen molar-refractivity contribution >= 4 is 35.1 Å².